The molecule has 1 aromatic heterocycles. The molecule has 0 saturated carbocycles. The summed E-state index contributed by atoms with van der Waals surface area (Å²) in [6.45, 7) is 0. The number of hydrogen-bond donors (Lipinski definition) is 1. The highest BCUT2D eigenvalue weighted by atomic mass is 16.3. The van der Waals surface area contributed by atoms with Crippen LogP contribution in [-0.4, -0.2) is 14.7 Å². The van der Waals surface area contributed by atoms with Crippen molar-refractivity contribution in [3.8, 4) is 0 Å². The molecule has 0 bridgehead atoms. The predicted octanol–water partition coefficient (Wildman–Crippen LogP) is 3.21. The molecule has 1 heterocycles. The van der Waals surface area contributed by atoms with Gasteiger partial charge in [-0.2, -0.15) is 0 Å². The average Bonchev–Trinajstić information content (AvgIpc) is 3.03. The Labute approximate surface area is 118 Å². The van der Waals surface area contributed by atoms with Gasteiger partial charge in [0.25, 0.3) is 0 Å². The molecule has 20 heavy (non-hydrogen) atoms. The largest absolute Gasteiger partial charge is 0.386 e. The van der Waals surface area contributed by atoms with Crippen LogP contribution in [0.3, 0.4) is 0 Å². The lowest BCUT2D eigenvalue weighted by Crippen LogP contribution is -2.18. The second-order valence-corrected chi connectivity index (χ2v) is 4.72. The summed E-state index contributed by atoms with van der Waals surface area (Å²) in [6.07, 6.45) is 4.73. The SMILES string of the molecule is O[C@H](c1ccccc1)[C@H](c1ccccc1)n1ccnc1. The number of nitrogens with zero attached hydrogens (tertiary/aromatic N) is 2. The zero-order chi connectivity index (χ0) is 13.8. The highest BCUT2D eigenvalue weighted by Crippen LogP contribution is 2.31. The van der Waals surface area contributed by atoms with Crippen molar-refractivity contribution in [3.05, 3.63) is 90.5 Å². The van der Waals surface area contributed by atoms with Crippen LogP contribution in [0.1, 0.15) is 23.3 Å². The maximum absolute atomic E-state index is 10.8. The molecule has 0 spiro atoms. The molecule has 0 radical (unpaired) electrons. The lowest BCUT2D eigenvalue weighted by molar-refractivity contribution is 0.131. The van der Waals surface area contributed by atoms with Gasteiger partial charge in [-0.25, -0.2) is 4.98 Å². The van der Waals surface area contributed by atoms with Crippen LogP contribution < -0.4 is 0 Å². The maximum Gasteiger partial charge on any atom is 0.104 e. The molecule has 3 nitrogen and oxygen atoms in total. The van der Waals surface area contributed by atoms with Crippen LogP contribution >= 0.6 is 0 Å². The minimum absolute atomic E-state index is 0.180. The Morgan fingerprint density at radius 1 is 0.850 bits per heavy atom. The van der Waals surface area contributed by atoms with E-state index in [9.17, 15) is 5.11 Å². The Balaban J connectivity index is 2.03. The van der Waals surface area contributed by atoms with Crippen LogP contribution in [0.15, 0.2) is 79.4 Å². The van der Waals surface area contributed by atoms with Crippen LogP contribution in [0, 0.1) is 0 Å². The van der Waals surface area contributed by atoms with E-state index in [2.05, 4.69) is 4.98 Å². The van der Waals surface area contributed by atoms with E-state index in [-0.39, 0.29) is 6.04 Å². The molecule has 0 amide bonds. The van der Waals surface area contributed by atoms with Gasteiger partial charge in [-0.15, -0.1) is 0 Å². The number of hydrogen-bond acceptors (Lipinski definition) is 2. The Hall–Kier alpha value is -2.39. The first-order chi connectivity index (χ1) is 9.86. The molecular weight excluding hydrogens is 248 g/mol. The van der Waals surface area contributed by atoms with Gasteiger partial charge in [-0.3, -0.25) is 0 Å². The Kier molecular flexibility index (Phi) is 3.61. The summed E-state index contributed by atoms with van der Waals surface area (Å²) < 4.78 is 1.94. The van der Waals surface area contributed by atoms with Crippen LogP contribution in [-0.2, 0) is 0 Å². The third-order valence-corrected chi connectivity index (χ3v) is 3.43. The zero-order valence-electron chi connectivity index (χ0n) is 11.0. The summed E-state index contributed by atoms with van der Waals surface area (Å²) in [5.41, 5.74) is 1.96. The van der Waals surface area contributed by atoms with Crippen LogP contribution in [0.5, 0.6) is 0 Å². The van der Waals surface area contributed by atoms with Gasteiger partial charge in [0, 0.05) is 12.4 Å². The standard InChI is InChI=1S/C17H16N2O/c20-17(15-9-5-2-6-10-15)16(19-12-11-18-13-19)14-7-3-1-4-8-14/h1-13,16-17,20H/t16-,17+/m0/s1. The molecule has 100 valence electrons. The van der Waals surface area contributed by atoms with Crippen molar-refractivity contribution < 1.29 is 5.11 Å². The quantitative estimate of drug-likeness (QED) is 0.785. The maximum atomic E-state index is 10.8. The van der Waals surface area contributed by atoms with Gasteiger partial charge in [0.2, 0.25) is 0 Å². The van der Waals surface area contributed by atoms with Gasteiger partial charge in [0.15, 0.2) is 0 Å². The third kappa shape index (κ3) is 2.49. The predicted molar refractivity (Wildman–Crippen MR) is 78.2 cm³/mol. The molecule has 1 N–H and O–H groups in total. The summed E-state index contributed by atoms with van der Waals surface area (Å²) in [6, 6.07) is 19.5. The minimum Gasteiger partial charge on any atom is -0.386 e. The first-order valence-corrected chi connectivity index (χ1v) is 6.61. The smallest absolute Gasteiger partial charge is 0.104 e. The molecule has 2 atom stereocenters. The second-order valence-electron chi connectivity index (χ2n) is 4.72. The molecule has 3 heteroatoms. The molecule has 0 aliphatic carbocycles. The lowest BCUT2D eigenvalue weighted by atomic mass is 9.95. The topological polar surface area (TPSA) is 38.0 Å². The monoisotopic (exact) mass is 264 g/mol. The van der Waals surface area contributed by atoms with Gasteiger partial charge in [0.05, 0.1) is 12.4 Å². The Morgan fingerprint density at radius 3 is 2.00 bits per heavy atom. The number of imidazole rings is 1. The fourth-order valence-electron chi connectivity index (χ4n) is 2.43. The van der Waals surface area contributed by atoms with Crippen molar-refractivity contribution in [1.29, 1.82) is 0 Å². The van der Waals surface area contributed by atoms with E-state index in [1.807, 2.05) is 71.4 Å². The van der Waals surface area contributed by atoms with Crippen LogP contribution in [0.25, 0.3) is 0 Å². The highest BCUT2D eigenvalue weighted by molar-refractivity contribution is 5.27. The molecular formula is C17H16N2O. The van der Waals surface area contributed by atoms with Gasteiger partial charge in [-0.1, -0.05) is 60.7 Å². The van der Waals surface area contributed by atoms with Crippen molar-refractivity contribution in [2.24, 2.45) is 0 Å². The average molecular weight is 264 g/mol. The van der Waals surface area contributed by atoms with E-state index in [1.165, 1.54) is 0 Å². The molecule has 0 saturated heterocycles. The molecule has 0 aliphatic heterocycles. The van der Waals surface area contributed by atoms with Gasteiger partial charge < -0.3 is 9.67 Å². The summed E-state index contributed by atoms with van der Waals surface area (Å²) >= 11 is 0. The molecule has 2 aromatic carbocycles. The van der Waals surface area contributed by atoms with Crippen molar-refractivity contribution in [1.82, 2.24) is 9.55 Å². The highest BCUT2D eigenvalue weighted by Gasteiger charge is 2.23. The van der Waals surface area contributed by atoms with Crippen LogP contribution in [0.2, 0.25) is 0 Å². The van der Waals surface area contributed by atoms with E-state index in [0.717, 1.165) is 11.1 Å². The molecule has 3 aromatic rings. The molecule has 0 unspecified atom stereocenters. The molecule has 0 fully saturated rings. The number of aliphatic hydroxyl groups excluding tert-OH is 1. The van der Waals surface area contributed by atoms with E-state index in [1.54, 1.807) is 12.5 Å². The van der Waals surface area contributed by atoms with Crippen LogP contribution in [0.4, 0.5) is 0 Å². The number of aromatic nitrogens is 2. The number of aliphatic hydroxyl groups is 1. The summed E-state index contributed by atoms with van der Waals surface area (Å²) in [5, 5.41) is 10.8. The first kappa shape index (κ1) is 12.6. The second kappa shape index (κ2) is 5.72. The third-order valence-electron chi connectivity index (χ3n) is 3.43. The van der Waals surface area contributed by atoms with Crippen molar-refractivity contribution in [2.45, 2.75) is 12.1 Å². The van der Waals surface area contributed by atoms with Crippen molar-refractivity contribution in [2.75, 3.05) is 0 Å². The van der Waals surface area contributed by atoms with Gasteiger partial charge in [-0.05, 0) is 11.1 Å². The molecule has 3 rings (SSSR count). The first-order valence-electron chi connectivity index (χ1n) is 6.61. The van der Waals surface area contributed by atoms with Gasteiger partial charge in [0.1, 0.15) is 6.10 Å². The number of benzene rings is 2. The van der Waals surface area contributed by atoms with E-state index >= 15 is 0 Å². The normalized spacial score (nSPS) is 13.8. The summed E-state index contributed by atoms with van der Waals surface area (Å²) in [5.74, 6) is 0. The Bertz CT molecular complexity index is 635. The molecule has 0 aliphatic rings. The fraction of sp³-hybridized carbons (Fsp3) is 0.118. The van der Waals surface area contributed by atoms with E-state index < -0.39 is 6.10 Å². The Morgan fingerprint density at radius 2 is 1.45 bits per heavy atom. The number of rotatable bonds is 4. The zero-order valence-corrected chi connectivity index (χ0v) is 11.0. The summed E-state index contributed by atoms with van der Waals surface area (Å²) in [4.78, 5) is 4.10. The van der Waals surface area contributed by atoms with Gasteiger partial charge >= 0.3 is 0 Å². The minimum atomic E-state index is -0.618. The van der Waals surface area contributed by atoms with E-state index in [0.29, 0.717) is 0 Å². The van der Waals surface area contributed by atoms with Crippen molar-refractivity contribution >= 4 is 0 Å². The lowest BCUT2D eigenvalue weighted by Gasteiger charge is -2.25. The van der Waals surface area contributed by atoms with Crippen molar-refractivity contribution in [3.63, 3.8) is 0 Å². The van der Waals surface area contributed by atoms with E-state index in [4.69, 9.17) is 0 Å². The summed E-state index contributed by atoms with van der Waals surface area (Å²) in [7, 11) is 0. The fourth-order valence-corrected chi connectivity index (χ4v) is 2.43.